The summed E-state index contributed by atoms with van der Waals surface area (Å²) in [7, 11) is 1.84. The van der Waals surface area contributed by atoms with Crippen molar-refractivity contribution in [2.45, 2.75) is 13.3 Å². The third-order valence-electron chi connectivity index (χ3n) is 4.39. The van der Waals surface area contributed by atoms with Crippen LogP contribution in [0, 0.1) is 6.92 Å². The van der Waals surface area contributed by atoms with Gasteiger partial charge in [-0.25, -0.2) is 4.98 Å². The van der Waals surface area contributed by atoms with Gasteiger partial charge < -0.3 is 10.6 Å². The summed E-state index contributed by atoms with van der Waals surface area (Å²) < 4.78 is 1.29. The quantitative estimate of drug-likeness (QED) is 0.520. The molecule has 4 aromatic rings. The van der Waals surface area contributed by atoms with Crippen LogP contribution in [0.2, 0.25) is 0 Å². The molecule has 0 bridgehead atoms. The summed E-state index contributed by atoms with van der Waals surface area (Å²) in [6.45, 7) is 2.58. The van der Waals surface area contributed by atoms with E-state index in [0.29, 0.717) is 11.4 Å². The molecule has 26 heavy (non-hydrogen) atoms. The van der Waals surface area contributed by atoms with Crippen molar-refractivity contribution in [3.8, 4) is 0 Å². The number of fused-ring (bicyclic) bond motifs is 2. The predicted octanol–water partition coefficient (Wildman–Crippen LogP) is 4.83. The number of nitrogens with zero attached hydrogens (tertiary/aromatic N) is 1. The minimum Gasteiger partial charge on any atom is -0.386 e. The van der Waals surface area contributed by atoms with E-state index in [1.165, 1.54) is 27.0 Å². The van der Waals surface area contributed by atoms with Gasteiger partial charge in [-0.05, 0) is 47.9 Å². The minimum atomic E-state index is -0.0467. The largest absolute Gasteiger partial charge is 0.386 e. The molecule has 0 saturated carbocycles. The van der Waals surface area contributed by atoms with E-state index in [1.54, 1.807) is 11.3 Å². The van der Waals surface area contributed by atoms with Gasteiger partial charge in [-0.3, -0.25) is 4.79 Å². The number of rotatable bonds is 5. The predicted molar refractivity (Wildman–Crippen MR) is 112 cm³/mol. The van der Waals surface area contributed by atoms with Gasteiger partial charge in [-0.15, -0.1) is 22.7 Å². The van der Waals surface area contributed by atoms with Gasteiger partial charge in [-0.1, -0.05) is 18.2 Å². The lowest BCUT2D eigenvalue weighted by Crippen LogP contribution is -2.25. The fourth-order valence-corrected chi connectivity index (χ4v) is 5.24. The minimum absolute atomic E-state index is 0.0467. The van der Waals surface area contributed by atoms with Crippen LogP contribution in [0.5, 0.6) is 0 Å². The maximum atomic E-state index is 12.7. The third-order valence-corrected chi connectivity index (χ3v) is 6.50. The highest BCUT2D eigenvalue weighted by Crippen LogP contribution is 2.34. The van der Waals surface area contributed by atoms with Gasteiger partial charge in [-0.2, -0.15) is 0 Å². The monoisotopic (exact) mass is 381 g/mol. The van der Waals surface area contributed by atoms with E-state index in [-0.39, 0.29) is 5.91 Å². The Kier molecular flexibility index (Phi) is 4.61. The Bertz CT molecular complexity index is 1100. The van der Waals surface area contributed by atoms with Crippen molar-refractivity contribution in [3.05, 3.63) is 57.9 Å². The number of carbonyl (C=O) groups is 1. The number of thiophene rings is 2. The highest BCUT2D eigenvalue weighted by atomic mass is 32.1. The summed E-state index contributed by atoms with van der Waals surface area (Å²) in [6, 6.07) is 12.4. The summed E-state index contributed by atoms with van der Waals surface area (Å²) in [5.41, 5.74) is 3.10. The maximum Gasteiger partial charge on any atom is 0.263 e. The smallest absolute Gasteiger partial charge is 0.263 e. The maximum absolute atomic E-state index is 12.7. The lowest BCUT2D eigenvalue weighted by atomic mass is 10.1. The lowest BCUT2D eigenvalue weighted by molar-refractivity contribution is 0.0959. The average Bonchev–Trinajstić information content (AvgIpc) is 3.22. The average molecular weight is 382 g/mol. The van der Waals surface area contributed by atoms with Gasteiger partial charge in [0.25, 0.3) is 5.91 Å². The van der Waals surface area contributed by atoms with Crippen LogP contribution < -0.4 is 10.6 Å². The zero-order valence-corrected chi connectivity index (χ0v) is 16.3. The highest BCUT2D eigenvalue weighted by Gasteiger charge is 2.18. The second-order valence-corrected chi connectivity index (χ2v) is 8.03. The number of aryl methyl sites for hydroxylation is 1. The molecule has 2 N–H and O–H groups in total. The van der Waals surface area contributed by atoms with Crippen LogP contribution in [0.25, 0.3) is 20.3 Å². The molecule has 132 valence electrons. The van der Waals surface area contributed by atoms with Crippen LogP contribution in [0.4, 0.5) is 5.69 Å². The molecule has 1 amide bonds. The first-order valence-corrected chi connectivity index (χ1v) is 10.2. The molecule has 0 spiro atoms. The molecule has 0 aliphatic carbocycles. The Morgan fingerprint density at radius 2 is 2.00 bits per heavy atom. The number of hydrogen-bond acceptors (Lipinski definition) is 5. The number of benzene rings is 1. The van der Waals surface area contributed by atoms with E-state index in [2.05, 4.69) is 45.3 Å². The summed E-state index contributed by atoms with van der Waals surface area (Å²) in [5, 5.41) is 10.7. The van der Waals surface area contributed by atoms with E-state index in [1.807, 2.05) is 26.1 Å². The number of aromatic nitrogens is 1. The van der Waals surface area contributed by atoms with Gasteiger partial charge in [0.1, 0.15) is 9.71 Å². The van der Waals surface area contributed by atoms with Crippen LogP contribution in [0.3, 0.4) is 0 Å². The van der Waals surface area contributed by atoms with Crippen LogP contribution >= 0.6 is 22.7 Å². The molecular weight excluding hydrogens is 362 g/mol. The van der Waals surface area contributed by atoms with E-state index < -0.39 is 0 Å². The summed E-state index contributed by atoms with van der Waals surface area (Å²) in [4.78, 5) is 18.8. The molecule has 0 unspecified atom stereocenters. The molecule has 0 saturated heterocycles. The van der Waals surface area contributed by atoms with Gasteiger partial charge in [0, 0.05) is 29.4 Å². The van der Waals surface area contributed by atoms with Crippen molar-refractivity contribution in [1.82, 2.24) is 10.3 Å². The van der Waals surface area contributed by atoms with Crippen molar-refractivity contribution in [3.63, 3.8) is 0 Å². The Balaban J connectivity index is 1.50. The third kappa shape index (κ3) is 3.06. The van der Waals surface area contributed by atoms with Crippen molar-refractivity contribution in [1.29, 1.82) is 0 Å². The topological polar surface area (TPSA) is 54.0 Å². The summed E-state index contributed by atoms with van der Waals surface area (Å²) >= 11 is 3.19. The molecule has 6 heteroatoms. The number of carbonyl (C=O) groups excluding carboxylic acids is 1. The fraction of sp³-hybridized carbons (Fsp3) is 0.200. The lowest BCUT2D eigenvalue weighted by Gasteiger charge is -2.06. The van der Waals surface area contributed by atoms with Gasteiger partial charge in [0.2, 0.25) is 0 Å². The molecule has 0 aliphatic heterocycles. The molecule has 4 nitrogen and oxygen atoms in total. The van der Waals surface area contributed by atoms with E-state index >= 15 is 0 Å². The zero-order chi connectivity index (χ0) is 18.1. The van der Waals surface area contributed by atoms with Crippen molar-refractivity contribution >= 4 is 54.6 Å². The van der Waals surface area contributed by atoms with Crippen molar-refractivity contribution in [2.24, 2.45) is 0 Å². The SMILES string of the molecule is CNc1c(C(=O)NCCc2csc3ccccc23)sc2nc(C)ccc12. The Morgan fingerprint density at radius 1 is 1.15 bits per heavy atom. The van der Waals surface area contributed by atoms with Gasteiger partial charge in [0.15, 0.2) is 0 Å². The summed E-state index contributed by atoms with van der Waals surface area (Å²) in [5.74, 6) is -0.0467. The number of anilines is 1. The standard InChI is InChI=1S/C20H19N3OS2/c1-12-7-8-15-17(21-2)18(26-20(15)23-12)19(24)22-10-9-13-11-25-16-6-4-3-5-14(13)16/h3-8,11,21H,9-10H2,1-2H3,(H,22,24). The number of hydrogen-bond donors (Lipinski definition) is 2. The Labute approximate surface area is 159 Å². The normalized spacial score (nSPS) is 11.2. The molecule has 0 aliphatic rings. The highest BCUT2D eigenvalue weighted by molar-refractivity contribution is 7.21. The van der Waals surface area contributed by atoms with E-state index in [4.69, 9.17) is 0 Å². The molecule has 4 rings (SSSR count). The molecule has 0 fully saturated rings. The van der Waals surface area contributed by atoms with Gasteiger partial charge in [0.05, 0.1) is 5.69 Å². The van der Waals surface area contributed by atoms with Crippen LogP contribution in [0.15, 0.2) is 41.8 Å². The first kappa shape index (κ1) is 17.0. The first-order chi connectivity index (χ1) is 12.7. The summed E-state index contributed by atoms with van der Waals surface area (Å²) in [6.07, 6.45) is 0.826. The first-order valence-electron chi connectivity index (χ1n) is 8.48. The van der Waals surface area contributed by atoms with Crippen LogP contribution in [0.1, 0.15) is 20.9 Å². The molecule has 1 aromatic carbocycles. The zero-order valence-electron chi connectivity index (χ0n) is 14.6. The van der Waals surface area contributed by atoms with Crippen LogP contribution in [-0.2, 0) is 6.42 Å². The molecule has 0 atom stereocenters. The number of amides is 1. The van der Waals surface area contributed by atoms with Crippen molar-refractivity contribution in [2.75, 3.05) is 18.9 Å². The molecular formula is C20H19N3OS2. The molecule has 3 aromatic heterocycles. The van der Waals surface area contributed by atoms with E-state index in [9.17, 15) is 4.79 Å². The Morgan fingerprint density at radius 3 is 2.85 bits per heavy atom. The molecule has 3 heterocycles. The number of pyridine rings is 1. The number of nitrogens with one attached hydrogen (secondary N) is 2. The van der Waals surface area contributed by atoms with E-state index in [0.717, 1.165) is 28.0 Å². The molecule has 0 radical (unpaired) electrons. The fourth-order valence-electron chi connectivity index (χ4n) is 3.10. The van der Waals surface area contributed by atoms with Crippen LogP contribution in [-0.4, -0.2) is 24.5 Å². The van der Waals surface area contributed by atoms with Crippen molar-refractivity contribution < 1.29 is 4.79 Å². The second kappa shape index (κ2) is 7.05. The van der Waals surface area contributed by atoms with Gasteiger partial charge >= 0.3 is 0 Å². The Hall–Kier alpha value is -2.44. The second-order valence-electron chi connectivity index (χ2n) is 6.12.